The van der Waals surface area contributed by atoms with Gasteiger partial charge in [-0.2, -0.15) is 0 Å². The van der Waals surface area contributed by atoms with Crippen LogP contribution in [0.4, 0.5) is 0 Å². The molecule has 52 heavy (non-hydrogen) atoms. The highest BCUT2D eigenvalue weighted by Crippen LogP contribution is 2.46. The van der Waals surface area contributed by atoms with Crippen molar-refractivity contribution in [3.05, 3.63) is 182 Å². The minimum atomic E-state index is 0.901. The van der Waals surface area contributed by atoms with Crippen molar-refractivity contribution >= 4 is 65.4 Å². The molecule has 11 rings (SSSR count). The molecule has 2 aromatic heterocycles. The molecule has 0 aliphatic carbocycles. The summed E-state index contributed by atoms with van der Waals surface area (Å²) >= 11 is 0. The molecule has 0 spiro atoms. The van der Waals surface area contributed by atoms with Crippen molar-refractivity contribution in [3.8, 4) is 44.5 Å². The lowest BCUT2D eigenvalue weighted by Gasteiger charge is -2.19. The van der Waals surface area contributed by atoms with Crippen molar-refractivity contribution in [2.75, 3.05) is 0 Å². The van der Waals surface area contributed by atoms with Gasteiger partial charge in [0.05, 0.1) is 0 Å². The van der Waals surface area contributed by atoms with Crippen LogP contribution in [0, 0.1) is 0 Å². The van der Waals surface area contributed by atoms with E-state index in [2.05, 4.69) is 158 Å². The summed E-state index contributed by atoms with van der Waals surface area (Å²) in [5.74, 6) is 0. The average molecular weight is 663 g/mol. The largest absolute Gasteiger partial charge is 0.456 e. The van der Waals surface area contributed by atoms with Crippen LogP contribution in [-0.4, -0.2) is 0 Å². The van der Waals surface area contributed by atoms with Gasteiger partial charge in [-0.05, 0) is 109 Å². The molecule has 0 bridgehead atoms. The van der Waals surface area contributed by atoms with E-state index in [1.807, 2.05) is 24.3 Å². The number of fused-ring (bicyclic) bond motifs is 8. The van der Waals surface area contributed by atoms with E-state index in [4.69, 9.17) is 8.83 Å². The minimum Gasteiger partial charge on any atom is -0.456 e. The molecule has 0 amide bonds. The Hall–Kier alpha value is -6.90. The standard InChI is InChI=1S/C50H30O2/c1-2-12-31(13-3-1)34-14-4-5-17-39(34)50-40-20-10-18-35(32-24-26-48-44(28-32)37-15-6-8-22-46(37)51-48)42(40)30-43-36(19-11-21-41(43)50)33-25-27-49-45(29-33)38-16-7-9-23-47(38)52-49/h1-30H. The van der Waals surface area contributed by atoms with E-state index in [1.54, 1.807) is 0 Å². The van der Waals surface area contributed by atoms with Crippen LogP contribution in [0.25, 0.3) is 110 Å². The Morgan fingerprint density at radius 3 is 1.25 bits per heavy atom. The number of hydrogen-bond acceptors (Lipinski definition) is 2. The summed E-state index contributed by atoms with van der Waals surface area (Å²) < 4.78 is 12.5. The van der Waals surface area contributed by atoms with Crippen LogP contribution < -0.4 is 0 Å². The second-order valence-corrected chi connectivity index (χ2v) is 13.6. The fourth-order valence-electron chi connectivity index (χ4n) is 8.32. The Morgan fingerprint density at radius 1 is 0.231 bits per heavy atom. The van der Waals surface area contributed by atoms with Gasteiger partial charge in [-0.3, -0.25) is 0 Å². The summed E-state index contributed by atoms with van der Waals surface area (Å²) in [5, 5.41) is 9.38. The Labute approximate surface area is 299 Å². The van der Waals surface area contributed by atoms with Gasteiger partial charge >= 0.3 is 0 Å². The summed E-state index contributed by atoms with van der Waals surface area (Å²) in [6, 6.07) is 65.3. The van der Waals surface area contributed by atoms with Crippen LogP contribution in [0.1, 0.15) is 0 Å². The number of furan rings is 2. The second-order valence-electron chi connectivity index (χ2n) is 13.6. The predicted molar refractivity (Wildman–Crippen MR) is 218 cm³/mol. The quantitative estimate of drug-likeness (QED) is 0.175. The molecular formula is C50H30O2. The second kappa shape index (κ2) is 11.3. The summed E-state index contributed by atoms with van der Waals surface area (Å²) in [6.07, 6.45) is 0. The van der Waals surface area contributed by atoms with E-state index >= 15 is 0 Å². The molecule has 0 aliphatic rings. The molecule has 9 aromatic carbocycles. The Kier molecular flexibility index (Phi) is 6.28. The normalized spacial score (nSPS) is 11.8. The molecule has 0 N–H and O–H groups in total. The SMILES string of the molecule is c1ccc(-c2ccccc2-c2c3cccc(-c4ccc5oc6ccccc6c5c4)c3cc3c(-c4ccc5oc6ccccc6c5c4)cccc23)cc1. The van der Waals surface area contributed by atoms with Crippen molar-refractivity contribution in [1.82, 2.24) is 0 Å². The van der Waals surface area contributed by atoms with Crippen LogP contribution in [0.15, 0.2) is 191 Å². The van der Waals surface area contributed by atoms with Crippen LogP contribution >= 0.6 is 0 Å². The fraction of sp³-hybridized carbons (Fsp3) is 0. The van der Waals surface area contributed by atoms with E-state index in [1.165, 1.54) is 54.9 Å². The minimum absolute atomic E-state index is 0.901. The van der Waals surface area contributed by atoms with Crippen LogP contribution in [0.5, 0.6) is 0 Å². The van der Waals surface area contributed by atoms with Crippen molar-refractivity contribution < 1.29 is 8.83 Å². The smallest absolute Gasteiger partial charge is 0.135 e. The third-order valence-corrected chi connectivity index (χ3v) is 10.7. The molecule has 0 unspecified atom stereocenters. The maximum Gasteiger partial charge on any atom is 0.135 e. The summed E-state index contributed by atoms with van der Waals surface area (Å²) in [7, 11) is 0. The molecule has 11 aromatic rings. The first-order chi connectivity index (χ1) is 25.8. The Morgan fingerprint density at radius 2 is 0.673 bits per heavy atom. The zero-order chi connectivity index (χ0) is 34.2. The first-order valence-electron chi connectivity index (χ1n) is 17.8. The van der Waals surface area contributed by atoms with Gasteiger partial charge in [-0.15, -0.1) is 0 Å². The summed E-state index contributed by atoms with van der Waals surface area (Å²) in [4.78, 5) is 0. The Balaban J connectivity index is 1.24. The van der Waals surface area contributed by atoms with Crippen molar-refractivity contribution in [2.45, 2.75) is 0 Å². The van der Waals surface area contributed by atoms with E-state index < -0.39 is 0 Å². The zero-order valence-corrected chi connectivity index (χ0v) is 28.1. The maximum absolute atomic E-state index is 6.23. The lowest BCUT2D eigenvalue weighted by molar-refractivity contribution is 0.668. The monoisotopic (exact) mass is 662 g/mol. The van der Waals surface area contributed by atoms with E-state index in [9.17, 15) is 0 Å². The highest BCUT2D eigenvalue weighted by molar-refractivity contribution is 6.21. The van der Waals surface area contributed by atoms with E-state index in [0.717, 1.165) is 55.0 Å². The van der Waals surface area contributed by atoms with Gasteiger partial charge in [0.15, 0.2) is 0 Å². The molecule has 0 fully saturated rings. The third kappa shape index (κ3) is 4.38. The average Bonchev–Trinajstić information content (AvgIpc) is 3.77. The highest BCUT2D eigenvalue weighted by Gasteiger charge is 2.19. The molecule has 0 aliphatic heterocycles. The van der Waals surface area contributed by atoms with Crippen LogP contribution in [-0.2, 0) is 0 Å². The van der Waals surface area contributed by atoms with Gasteiger partial charge in [0.2, 0.25) is 0 Å². The number of hydrogen-bond donors (Lipinski definition) is 0. The van der Waals surface area contributed by atoms with Gasteiger partial charge in [-0.25, -0.2) is 0 Å². The van der Waals surface area contributed by atoms with Crippen molar-refractivity contribution in [1.29, 1.82) is 0 Å². The number of benzene rings is 9. The topological polar surface area (TPSA) is 26.3 Å². The first kappa shape index (κ1) is 28.9. The zero-order valence-electron chi connectivity index (χ0n) is 28.1. The van der Waals surface area contributed by atoms with E-state index in [-0.39, 0.29) is 0 Å². The highest BCUT2D eigenvalue weighted by atomic mass is 16.3. The molecule has 242 valence electrons. The maximum atomic E-state index is 6.23. The van der Waals surface area contributed by atoms with Gasteiger partial charge in [0.1, 0.15) is 22.3 Å². The van der Waals surface area contributed by atoms with Crippen LogP contribution in [0.3, 0.4) is 0 Å². The molecule has 0 radical (unpaired) electrons. The number of rotatable bonds is 4. The molecule has 2 nitrogen and oxygen atoms in total. The summed E-state index contributed by atoms with van der Waals surface area (Å²) in [6.45, 7) is 0. The van der Waals surface area contributed by atoms with E-state index in [0.29, 0.717) is 0 Å². The Bertz CT molecular complexity index is 3010. The van der Waals surface area contributed by atoms with Gasteiger partial charge in [0.25, 0.3) is 0 Å². The van der Waals surface area contributed by atoms with Crippen LogP contribution in [0.2, 0.25) is 0 Å². The predicted octanol–water partition coefficient (Wildman–Crippen LogP) is 14.5. The van der Waals surface area contributed by atoms with Gasteiger partial charge in [0, 0.05) is 21.5 Å². The van der Waals surface area contributed by atoms with Crippen molar-refractivity contribution in [2.24, 2.45) is 0 Å². The number of para-hydroxylation sites is 2. The lowest BCUT2D eigenvalue weighted by Crippen LogP contribution is -1.92. The first-order valence-corrected chi connectivity index (χ1v) is 17.8. The lowest BCUT2D eigenvalue weighted by atomic mass is 9.84. The summed E-state index contributed by atoms with van der Waals surface area (Å²) in [5.41, 5.74) is 13.2. The molecule has 0 saturated carbocycles. The third-order valence-electron chi connectivity index (χ3n) is 10.7. The van der Waals surface area contributed by atoms with Gasteiger partial charge < -0.3 is 8.83 Å². The molecule has 2 heterocycles. The fourth-order valence-corrected chi connectivity index (χ4v) is 8.32. The molecular weight excluding hydrogens is 633 g/mol. The molecule has 0 saturated heterocycles. The van der Waals surface area contributed by atoms with Crippen molar-refractivity contribution in [3.63, 3.8) is 0 Å². The molecule has 0 atom stereocenters. The molecule has 2 heteroatoms. The van der Waals surface area contributed by atoms with Gasteiger partial charge in [-0.1, -0.05) is 140 Å².